The molecule has 1 radical (unpaired) electrons. The number of anilines is 1. The maximum Gasteiger partial charge on any atom is 0.180 e. The van der Waals surface area contributed by atoms with Gasteiger partial charge in [-0.2, -0.15) is 0 Å². The molecule has 4 nitrogen and oxygen atoms in total. The molecule has 0 aliphatic rings. The van der Waals surface area contributed by atoms with Gasteiger partial charge in [-0.1, -0.05) is 5.16 Å². The van der Waals surface area contributed by atoms with E-state index in [-0.39, 0.29) is 5.71 Å². The first-order valence-electron chi connectivity index (χ1n) is 2.49. The number of hydrogen-bond acceptors (Lipinski definition) is 5. The summed E-state index contributed by atoms with van der Waals surface area (Å²) < 4.78 is 0. The van der Waals surface area contributed by atoms with Gasteiger partial charge < -0.3 is 10.9 Å². The standard InChI is InChI=1S/C5H6N3OS/c1-3(8-9)4-2-10-5(6)7-4/h2,9H,1H2,(H2,6,7)/b8-3-. The van der Waals surface area contributed by atoms with Gasteiger partial charge in [0.2, 0.25) is 0 Å². The lowest BCUT2D eigenvalue weighted by molar-refractivity contribution is 0.319. The lowest BCUT2D eigenvalue weighted by Gasteiger charge is -1.86. The molecule has 1 aromatic heterocycles. The Balaban J connectivity index is 2.95. The predicted octanol–water partition coefficient (Wildman–Crippen LogP) is 0.738. The van der Waals surface area contributed by atoms with Crippen LogP contribution < -0.4 is 5.73 Å². The number of hydrogen-bond donors (Lipinski definition) is 2. The van der Waals surface area contributed by atoms with E-state index < -0.39 is 0 Å². The van der Waals surface area contributed by atoms with Crippen LogP contribution in [0.1, 0.15) is 5.69 Å². The van der Waals surface area contributed by atoms with Gasteiger partial charge in [0.1, 0.15) is 11.4 Å². The van der Waals surface area contributed by atoms with Crippen molar-refractivity contribution in [3.63, 3.8) is 0 Å². The molecule has 0 amide bonds. The lowest BCUT2D eigenvalue weighted by Crippen LogP contribution is -1.95. The highest BCUT2D eigenvalue weighted by molar-refractivity contribution is 7.13. The van der Waals surface area contributed by atoms with Crippen LogP contribution in [0, 0.1) is 6.92 Å². The predicted molar refractivity (Wildman–Crippen MR) is 40.2 cm³/mol. The van der Waals surface area contributed by atoms with Crippen molar-refractivity contribution in [2.24, 2.45) is 5.16 Å². The molecule has 0 spiro atoms. The third-order valence-electron chi connectivity index (χ3n) is 0.938. The summed E-state index contributed by atoms with van der Waals surface area (Å²) in [5.41, 5.74) is 6.06. The van der Waals surface area contributed by atoms with Crippen LogP contribution in [0.2, 0.25) is 0 Å². The quantitative estimate of drug-likeness (QED) is 0.358. The van der Waals surface area contributed by atoms with E-state index in [1.807, 2.05) is 0 Å². The second-order valence-electron chi connectivity index (χ2n) is 1.62. The highest BCUT2D eigenvalue weighted by atomic mass is 32.1. The first-order chi connectivity index (χ1) is 4.74. The molecule has 0 bridgehead atoms. The van der Waals surface area contributed by atoms with Crippen molar-refractivity contribution in [3.8, 4) is 0 Å². The molecular formula is C5H6N3OS. The fourth-order valence-corrected chi connectivity index (χ4v) is 1.04. The zero-order valence-corrected chi connectivity index (χ0v) is 5.93. The molecule has 3 N–H and O–H groups in total. The molecule has 0 aliphatic carbocycles. The Kier molecular flexibility index (Phi) is 1.86. The smallest absolute Gasteiger partial charge is 0.180 e. The zero-order chi connectivity index (χ0) is 7.56. The van der Waals surface area contributed by atoms with Gasteiger partial charge >= 0.3 is 0 Å². The molecule has 0 atom stereocenters. The fraction of sp³-hybridized carbons (Fsp3) is 0. The number of nitrogen functional groups attached to an aromatic ring is 1. The monoisotopic (exact) mass is 156 g/mol. The molecule has 0 fully saturated rings. The van der Waals surface area contributed by atoms with Gasteiger partial charge in [0, 0.05) is 12.3 Å². The van der Waals surface area contributed by atoms with Crippen LogP contribution in [0.25, 0.3) is 0 Å². The summed E-state index contributed by atoms with van der Waals surface area (Å²) in [4.78, 5) is 3.82. The summed E-state index contributed by atoms with van der Waals surface area (Å²) in [6.45, 7) is 3.43. The van der Waals surface area contributed by atoms with Crippen LogP contribution in [0.15, 0.2) is 10.5 Å². The first kappa shape index (κ1) is 7.01. The van der Waals surface area contributed by atoms with Crippen LogP contribution in [0.5, 0.6) is 0 Å². The van der Waals surface area contributed by atoms with Gasteiger partial charge in [-0.15, -0.1) is 11.3 Å². The Labute approximate surface area is 62.0 Å². The van der Waals surface area contributed by atoms with Crippen molar-refractivity contribution in [3.05, 3.63) is 18.0 Å². The Hall–Kier alpha value is -1.10. The van der Waals surface area contributed by atoms with Crippen LogP contribution in [-0.2, 0) is 0 Å². The Bertz CT molecular complexity index is 255. The largest absolute Gasteiger partial charge is 0.411 e. The molecule has 5 heteroatoms. The van der Waals surface area contributed by atoms with Gasteiger partial charge in [0.05, 0.1) is 0 Å². The number of nitrogens with two attached hydrogens (primary N) is 1. The highest BCUT2D eigenvalue weighted by Gasteiger charge is 2.01. The third-order valence-corrected chi connectivity index (χ3v) is 1.61. The normalized spacial score (nSPS) is 11.9. The van der Waals surface area contributed by atoms with Crippen molar-refractivity contribution < 1.29 is 5.21 Å². The van der Waals surface area contributed by atoms with Crippen molar-refractivity contribution >= 4 is 22.2 Å². The molecule has 0 saturated carbocycles. The van der Waals surface area contributed by atoms with Crippen molar-refractivity contribution in [2.45, 2.75) is 0 Å². The Morgan fingerprint density at radius 3 is 3.00 bits per heavy atom. The van der Waals surface area contributed by atoms with Gasteiger partial charge in [0.15, 0.2) is 5.13 Å². The molecule has 0 aromatic carbocycles. The zero-order valence-electron chi connectivity index (χ0n) is 5.11. The molecule has 1 heterocycles. The molecular weight excluding hydrogens is 150 g/mol. The number of nitrogens with zero attached hydrogens (tertiary/aromatic N) is 2. The average molecular weight is 156 g/mol. The summed E-state index contributed by atoms with van der Waals surface area (Å²) >= 11 is 1.28. The molecule has 10 heavy (non-hydrogen) atoms. The first-order valence-corrected chi connectivity index (χ1v) is 3.37. The van der Waals surface area contributed by atoms with Gasteiger partial charge in [0.25, 0.3) is 0 Å². The van der Waals surface area contributed by atoms with E-state index in [0.29, 0.717) is 10.8 Å². The van der Waals surface area contributed by atoms with Crippen LogP contribution in [0.3, 0.4) is 0 Å². The van der Waals surface area contributed by atoms with Gasteiger partial charge in [-0.25, -0.2) is 4.98 Å². The minimum Gasteiger partial charge on any atom is -0.411 e. The van der Waals surface area contributed by atoms with Crippen molar-refractivity contribution in [1.29, 1.82) is 0 Å². The minimum absolute atomic E-state index is 0.230. The van der Waals surface area contributed by atoms with E-state index in [1.54, 1.807) is 5.38 Å². The van der Waals surface area contributed by atoms with Crippen molar-refractivity contribution in [1.82, 2.24) is 4.98 Å². The topological polar surface area (TPSA) is 71.5 Å². The summed E-state index contributed by atoms with van der Waals surface area (Å²) in [5, 5.41) is 13.2. The van der Waals surface area contributed by atoms with Gasteiger partial charge in [-0.05, 0) is 0 Å². The number of oxime groups is 1. The average Bonchev–Trinajstić information content (AvgIpc) is 2.34. The molecule has 53 valence electrons. The summed E-state index contributed by atoms with van der Waals surface area (Å²) in [5.74, 6) is 0. The SMILES string of the molecule is [CH2]/C(=N/O)c1csc(N)n1. The molecule has 0 unspecified atom stereocenters. The van der Waals surface area contributed by atoms with Crippen molar-refractivity contribution in [2.75, 3.05) is 5.73 Å². The molecule has 0 aliphatic heterocycles. The van der Waals surface area contributed by atoms with Crippen LogP contribution in [-0.4, -0.2) is 15.9 Å². The molecule has 1 rings (SSSR count). The summed E-state index contributed by atoms with van der Waals surface area (Å²) in [7, 11) is 0. The lowest BCUT2D eigenvalue weighted by atomic mass is 10.3. The van der Waals surface area contributed by atoms with E-state index >= 15 is 0 Å². The minimum atomic E-state index is 0.230. The van der Waals surface area contributed by atoms with E-state index in [2.05, 4.69) is 17.1 Å². The van der Waals surface area contributed by atoms with E-state index in [0.717, 1.165) is 0 Å². The fourth-order valence-electron chi connectivity index (χ4n) is 0.471. The van der Waals surface area contributed by atoms with Gasteiger partial charge in [-0.3, -0.25) is 0 Å². The summed E-state index contributed by atoms with van der Waals surface area (Å²) in [6, 6.07) is 0. The molecule has 0 saturated heterocycles. The number of rotatable bonds is 1. The Morgan fingerprint density at radius 2 is 2.60 bits per heavy atom. The van der Waals surface area contributed by atoms with Crippen LogP contribution in [0.4, 0.5) is 5.13 Å². The second kappa shape index (κ2) is 2.66. The maximum atomic E-state index is 8.25. The second-order valence-corrected chi connectivity index (χ2v) is 2.51. The number of aromatic nitrogens is 1. The summed E-state index contributed by atoms with van der Waals surface area (Å²) in [6.07, 6.45) is 0. The third kappa shape index (κ3) is 1.24. The highest BCUT2D eigenvalue weighted by Crippen LogP contribution is 2.11. The van der Waals surface area contributed by atoms with Crippen LogP contribution >= 0.6 is 11.3 Å². The number of thiazole rings is 1. The Morgan fingerprint density at radius 1 is 1.90 bits per heavy atom. The maximum absolute atomic E-state index is 8.25. The van der Waals surface area contributed by atoms with E-state index in [9.17, 15) is 0 Å². The van der Waals surface area contributed by atoms with E-state index in [1.165, 1.54) is 11.3 Å². The van der Waals surface area contributed by atoms with E-state index in [4.69, 9.17) is 10.9 Å². The molecule has 1 aromatic rings.